The normalized spacial score (nSPS) is 12.4. The van der Waals surface area contributed by atoms with Gasteiger partial charge in [0.05, 0.1) is 11.6 Å². The average molecular weight is 262 g/mol. The van der Waals surface area contributed by atoms with Gasteiger partial charge < -0.3 is 10.6 Å². The summed E-state index contributed by atoms with van der Waals surface area (Å²) < 4.78 is 1.69. The van der Waals surface area contributed by atoms with Gasteiger partial charge in [-0.1, -0.05) is 6.92 Å². The van der Waals surface area contributed by atoms with Crippen molar-refractivity contribution in [3.63, 3.8) is 0 Å². The lowest BCUT2D eigenvalue weighted by Gasteiger charge is -2.16. The Morgan fingerprint density at radius 3 is 2.84 bits per heavy atom. The number of hydrogen-bond donors (Lipinski definition) is 2. The summed E-state index contributed by atoms with van der Waals surface area (Å²) in [4.78, 5) is 20.4. The highest BCUT2D eigenvalue weighted by Crippen LogP contribution is 2.20. The van der Waals surface area contributed by atoms with Crippen LogP contribution in [-0.4, -0.2) is 38.7 Å². The summed E-state index contributed by atoms with van der Waals surface area (Å²) in [6.07, 6.45) is 2.37. The third kappa shape index (κ3) is 2.49. The monoisotopic (exact) mass is 262 g/mol. The first kappa shape index (κ1) is 13.3. The Hall–Kier alpha value is -2.18. The molecule has 0 saturated carbocycles. The van der Waals surface area contributed by atoms with Crippen LogP contribution in [0.1, 0.15) is 19.2 Å². The van der Waals surface area contributed by atoms with Crippen molar-refractivity contribution in [2.75, 3.05) is 12.4 Å². The summed E-state index contributed by atoms with van der Waals surface area (Å²) in [6.45, 7) is 3.76. The third-order valence-electron chi connectivity index (χ3n) is 2.99. The molecule has 102 valence electrons. The molecule has 19 heavy (non-hydrogen) atoms. The quantitative estimate of drug-likeness (QED) is 0.843. The number of carbonyl (C=O) groups excluding carboxylic acids is 1. The summed E-state index contributed by atoms with van der Waals surface area (Å²) in [5.41, 5.74) is 0.752. The van der Waals surface area contributed by atoms with E-state index in [4.69, 9.17) is 0 Å². The lowest BCUT2D eigenvalue weighted by Crippen LogP contribution is -2.37. The number of likely N-dealkylation sites (N-methyl/N-ethyl adjacent to an activating group) is 1. The van der Waals surface area contributed by atoms with Crippen LogP contribution >= 0.6 is 0 Å². The molecule has 7 nitrogen and oxygen atoms in total. The van der Waals surface area contributed by atoms with Crippen LogP contribution < -0.4 is 10.6 Å². The van der Waals surface area contributed by atoms with E-state index < -0.39 is 0 Å². The second kappa shape index (κ2) is 5.21. The highest BCUT2D eigenvalue weighted by Gasteiger charge is 2.18. The molecule has 0 aliphatic rings. The highest BCUT2D eigenvalue weighted by atomic mass is 16.2. The molecule has 2 aromatic rings. The summed E-state index contributed by atoms with van der Waals surface area (Å²) >= 11 is 0. The molecule has 0 aliphatic carbocycles. The van der Waals surface area contributed by atoms with Gasteiger partial charge in [-0.25, -0.2) is 9.97 Å². The molecule has 2 N–H and O–H groups in total. The van der Waals surface area contributed by atoms with Crippen LogP contribution in [0.15, 0.2) is 6.20 Å². The first-order valence-corrected chi connectivity index (χ1v) is 6.21. The third-order valence-corrected chi connectivity index (χ3v) is 2.99. The van der Waals surface area contributed by atoms with Gasteiger partial charge in [0.1, 0.15) is 17.7 Å². The van der Waals surface area contributed by atoms with E-state index in [1.54, 1.807) is 17.9 Å². The molecular formula is C12H18N6O. The fraction of sp³-hybridized carbons (Fsp3) is 0.500. The van der Waals surface area contributed by atoms with Gasteiger partial charge >= 0.3 is 0 Å². The molecule has 0 saturated heterocycles. The van der Waals surface area contributed by atoms with Crippen LogP contribution in [0.4, 0.5) is 5.82 Å². The standard InChI is InChI=1S/C12H18N6O/c1-5-9(12(19)13-3)17-10-8-6-14-18(4)11(8)16-7(2)15-10/h6,9H,5H2,1-4H3,(H,13,19)(H,15,16,17)/t9-/m0/s1. The first-order valence-electron chi connectivity index (χ1n) is 6.21. The predicted octanol–water partition coefficient (Wildman–Crippen LogP) is 0.608. The second-order valence-electron chi connectivity index (χ2n) is 4.34. The smallest absolute Gasteiger partial charge is 0.242 e. The average Bonchev–Trinajstić information content (AvgIpc) is 2.76. The van der Waals surface area contributed by atoms with Gasteiger partial charge in [-0.05, 0) is 13.3 Å². The minimum atomic E-state index is -0.317. The Morgan fingerprint density at radius 2 is 2.21 bits per heavy atom. The van der Waals surface area contributed by atoms with Crippen molar-refractivity contribution < 1.29 is 4.79 Å². The summed E-state index contributed by atoms with van der Waals surface area (Å²) in [5, 5.41) is 10.8. The zero-order valence-electron chi connectivity index (χ0n) is 11.6. The molecule has 2 rings (SSSR count). The van der Waals surface area contributed by atoms with Gasteiger partial charge in [-0.3, -0.25) is 9.48 Å². The molecule has 0 bridgehead atoms. The van der Waals surface area contributed by atoms with E-state index in [-0.39, 0.29) is 11.9 Å². The van der Waals surface area contributed by atoms with E-state index in [0.29, 0.717) is 18.1 Å². The summed E-state index contributed by atoms with van der Waals surface area (Å²) in [6, 6.07) is -0.317. The molecule has 2 aromatic heterocycles. The van der Waals surface area contributed by atoms with Crippen molar-refractivity contribution in [2.45, 2.75) is 26.3 Å². The van der Waals surface area contributed by atoms with Crippen molar-refractivity contribution in [1.82, 2.24) is 25.1 Å². The number of aryl methyl sites for hydroxylation is 2. The Balaban J connectivity index is 2.41. The molecule has 0 fully saturated rings. The van der Waals surface area contributed by atoms with Gasteiger partial charge in [0.25, 0.3) is 0 Å². The molecule has 0 radical (unpaired) electrons. The topological polar surface area (TPSA) is 84.7 Å². The van der Waals surface area contributed by atoms with E-state index >= 15 is 0 Å². The number of anilines is 1. The minimum Gasteiger partial charge on any atom is -0.358 e. The van der Waals surface area contributed by atoms with Crippen molar-refractivity contribution in [1.29, 1.82) is 0 Å². The molecule has 0 aromatic carbocycles. The van der Waals surface area contributed by atoms with Gasteiger partial charge in [-0.2, -0.15) is 5.10 Å². The number of aromatic nitrogens is 4. The number of rotatable bonds is 4. The molecule has 0 spiro atoms. The molecule has 0 unspecified atom stereocenters. The van der Waals surface area contributed by atoms with E-state index in [9.17, 15) is 4.79 Å². The lowest BCUT2D eigenvalue weighted by molar-refractivity contribution is -0.121. The van der Waals surface area contributed by atoms with Crippen LogP contribution in [0.5, 0.6) is 0 Å². The van der Waals surface area contributed by atoms with Crippen LogP contribution in [0, 0.1) is 6.92 Å². The van der Waals surface area contributed by atoms with Gasteiger partial charge in [-0.15, -0.1) is 0 Å². The number of fused-ring (bicyclic) bond motifs is 1. The zero-order chi connectivity index (χ0) is 14.0. The Kier molecular flexibility index (Phi) is 3.64. The van der Waals surface area contributed by atoms with Gasteiger partial charge in [0, 0.05) is 14.1 Å². The maximum Gasteiger partial charge on any atom is 0.242 e. The highest BCUT2D eigenvalue weighted by molar-refractivity contribution is 5.90. The van der Waals surface area contributed by atoms with Crippen LogP contribution in [0.25, 0.3) is 11.0 Å². The Bertz CT molecular complexity index is 606. The molecule has 1 amide bonds. The maximum atomic E-state index is 11.7. The van der Waals surface area contributed by atoms with Crippen LogP contribution in [0.3, 0.4) is 0 Å². The number of hydrogen-bond acceptors (Lipinski definition) is 5. The molecule has 2 heterocycles. The largest absolute Gasteiger partial charge is 0.358 e. The number of carbonyl (C=O) groups is 1. The second-order valence-corrected chi connectivity index (χ2v) is 4.34. The van der Waals surface area contributed by atoms with Gasteiger partial charge in [0.2, 0.25) is 5.91 Å². The minimum absolute atomic E-state index is 0.0594. The summed E-state index contributed by atoms with van der Waals surface area (Å²) in [7, 11) is 3.45. The first-order chi connectivity index (χ1) is 9.06. The summed E-state index contributed by atoms with van der Waals surface area (Å²) in [5.74, 6) is 1.23. The van der Waals surface area contributed by atoms with E-state index in [1.807, 2.05) is 20.9 Å². The van der Waals surface area contributed by atoms with Crippen molar-refractivity contribution in [3.8, 4) is 0 Å². The van der Waals surface area contributed by atoms with Crippen LogP contribution in [-0.2, 0) is 11.8 Å². The Labute approximate surface area is 111 Å². The van der Waals surface area contributed by atoms with Gasteiger partial charge in [0.15, 0.2) is 5.65 Å². The van der Waals surface area contributed by atoms with E-state index in [2.05, 4.69) is 25.7 Å². The number of amides is 1. The van der Waals surface area contributed by atoms with E-state index in [0.717, 1.165) is 11.0 Å². The fourth-order valence-electron chi connectivity index (χ4n) is 1.93. The number of nitrogens with zero attached hydrogens (tertiary/aromatic N) is 4. The maximum absolute atomic E-state index is 11.7. The molecule has 1 atom stereocenters. The number of nitrogens with one attached hydrogen (secondary N) is 2. The van der Waals surface area contributed by atoms with Crippen molar-refractivity contribution in [2.24, 2.45) is 7.05 Å². The van der Waals surface area contributed by atoms with Crippen molar-refractivity contribution >= 4 is 22.8 Å². The van der Waals surface area contributed by atoms with E-state index in [1.165, 1.54) is 0 Å². The molecular weight excluding hydrogens is 244 g/mol. The fourth-order valence-corrected chi connectivity index (χ4v) is 1.93. The van der Waals surface area contributed by atoms with Crippen LogP contribution in [0.2, 0.25) is 0 Å². The molecule has 7 heteroatoms. The predicted molar refractivity (Wildman–Crippen MR) is 72.8 cm³/mol. The van der Waals surface area contributed by atoms with Crippen molar-refractivity contribution in [3.05, 3.63) is 12.0 Å². The zero-order valence-corrected chi connectivity index (χ0v) is 11.6. The lowest BCUT2D eigenvalue weighted by atomic mass is 10.2. The molecule has 0 aliphatic heterocycles. The Morgan fingerprint density at radius 1 is 1.47 bits per heavy atom. The SMILES string of the molecule is CC[C@H](Nc1nc(C)nc2c1cnn2C)C(=O)NC.